The number of anilines is 2. The van der Waals surface area contributed by atoms with Crippen LogP contribution in [0.25, 0.3) is 10.2 Å². The Hall–Kier alpha value is -3.43. The summed E-state index contributed by atoms with van der Waals surface area (Å²) in [6.45, 7) is 7.33. The maximum Gasteiger partial charge on any atom is 0.308 e. The molecule has 36 heavy (non-hydrogen) atoms. The molecule has 4 aromatic rings. The van der Waals surface area contributed by atoms with Crippen molar-refractivity contribution in [2.24, 2.45) is 0 Å². The van der Waals surface area contributed by atoms with Gasteiger partial charge >= 0.3 is 4.87 Å². The maximum atomic E-state index is 13.7. The summed E-state index contributed by atoms with van der Waals surface area (Å²) in [4.78, 5) is 25.6. The number of aryl methyl sites for hydroxylation is 2. The zero-order chi connectivity index (χ0) is 26.0. The molecule has 0 fully saturated rings. The number of carbonyl (C=O) groups is 1. The summed E-state index contributed by atoms with van der Waals surface area (Å²) in [6, 6.07) is 19.1. The number of hydrogen-bond donors (Lipinski definition) is 1. The van der Waals surface area contributed by atoms with Gasteiger partial charge in [-0.15, -0.1) is 0 Å². The second-order valence-corrected chi connectivity index (χ2v) is 11.7. The number of para-hydroxylation sites is 1. The lowest BCUT2D eigenvalue weighted by molar-refractivity contribution is -0.114. The van der Waals surface area contributed by atoms with Crippen LogP contribution in [0.1, 0.15) is 37.9 Å². The van der Waals surface area contributed by atoms with Crippen LogP contribution >= 0.6 is 11.3 Å². The van der Waals surface area contributed by atoms with Gasteiger partial charge in [0, 0.05) is 11.7 Å². The van der Waals surface area contributed by atoms with Crippen LogP contribution in [-0.4, -0.2) is 25.4 Å². The average Bonchev–Trinajstić information content (AvgIpc) is 3.17. The van der Waals surface area contributed by atoms with Crippen molar-refractivity contribution in [3.63, 3.8) is 0 Å². The molecule has 1 N–H and O–H groups in total. The molecule has 1 amide bonds. The molecule has 188 valence electrons. The summed E-state index contributed by atoms with van der Waals surface area (Å²) >= 11 is 1.12. The topological polar surface area (TPSA) is 88.5 Å². The van der Waals surface area contributed by atoms with Crippen molar-refractivity contribution < 1.29 is 13.2 Å². The largest absolute Gasteiger partial charge is 0.324 e. The predicted molar refractivity (Wildman–Crippen MR) is 147 cm³/mol. The van der Waals surface area contributed by atoms with Gasteiger partial charge in [0.25, 0.3) is 10.0 Å². The van der Waals surface area contributed by atoms with Gasteiger partial charge in [0.15, 0.2) is 0 Å². The van der Waals surface area contributed by atoms with Crippen molar-refractivity contribution >= 4 is 48.9 Å². The highest BCUT2D eigenvalue weighted by atomic mass is 32.2. The zero-order valence-corrected chi connectivity index (χ0v) is 22.3. The number of fused-ring (bicyclic) bond motifs is 1. The molecule has 0 unspecified atom stereocenters. The first-order chi connectivity index (χ1) is 17.1. The zero-order valence-electron chi connectivity index (χ0n) is 20.7. The van der Waals surface area contributed by atoms with Crippen LogP contribution in [0.2, 0.25) is 0 Å². The fourth-order valence-corrected chi connectivity index (χ4v) is 6.64. The molecular formula is C27H29N3O4S2. The van der Waals surface area contributed by atoms with Crippen molar-refractivity contribution in [1.29, 1.82) is 0 Å². The Morgan fingerprint density at radius 2 is 1.75 bits per heavy atom. The molecule has 0 radical (unpaired) electrons. The van der Waals surface area contributed by atoms with Gasteiger partial charge in [-0.3, -0.25) is 18.5 Å². The first-order valence-electron chi connectivity index (χ1n) is 11.7. The first-order valence-corrected chi connectivity index (χ1v) is 14.0. The van der Waals surface area contributed by atoms with Gasteiger partial charge in [0.05, 0.1) is 20.8 Å². The molecule has 9 heteroatoms. The van der Waals surface area contributed by atoms with Crippen LogP contribution < -0.4 is 14.5 Å². The van der Waals surface area contributed by atoms with Crippen LogP contribution in [0.15, 0.2) is 76.4 Å². The molecule has 1 heterocycles. The number of rotatable bonds is 8. The molecule has 0 saturated heterocycles. The van der Waals surface area contributed by atoms with E-state index in [1.54, 1.807) is 59.2 Å². The number of benzene rings is 3. The Kier molecular flexibility index (Phi) is 7.33. The van der Waals surface area contributed by atoms with Gasteiger partial charge in [-0.2, -0.15) is 0 Å². The van der Waals surface area contributed by atoms with Crippen LogP contribution in [0.3, 0.4) is 0 Å². The molecule has 1 aromatic heterocycles. The third-order valence-electron chi connectivity index (χ3n) is 5.95. The van der Waals surface area contributed by atoms with Crippen LogP contribution in [0.5, 0.6) is 0 Å². The number of hydrogen-bond acceptors (Lipinski definition) is 5. The van der Waals surface area contributed by atoms with Crippen LogP contribution in [-0.2, 0) is 21.2 Å². The van der Waals surface area contributed by atoms with Crippen molar-refractivity contribution in [1.82, 2.24) is 4.57 Å². The van der Waals surface area contributed by atoms with E-state index in [4.69, 9.17) is 0 Å². The first kappa shape index (κ1) is 25.7. The molecule has 0 aliphatic rings. The van der Waals surface area contributed by atoms with E-state index in [1.807, 2.05) is 39.8 Å². The van der Waals surface area contributed by atoms with Crippen LogP contribution in [0, 0.1) is 6.92 Å². The SMILES string of the molecule is CCc1ccccc1N(CC(=O)Nc1ccc2c(c1)sc(=O)n2C(C)C)S(=O)(=O)c1ccc(C)cc1. The third-order valence-corrected chi connectivity index (χ3v) is 8.64. The summed E-state index contributed by atoms with van der Waals surface area (Å²) in [5.74, 6) is -0.480. The van der Waals surface area contributed by atoms with E-state index in [9.17, 15) is 18.0 Å². The minimum Gasteiger partial charge on any atom is -0.324 e. The number of amides is 1. The summed E-state index contributed by atoms with van der Waals surface area (Å²) in [6.07, 6.45) is 0.611. The summed E-state index contributed by atoms with van der Waals surface area (Å²) in [5.41, 5.74) is 3.54. The number of carbonyl (C=O) groups excluding carboxylic acids is 1. The minimum atomic E-state index is -4.01. The monoisotopic (exact) mass is 523 g/mol. The average molecular weight is 524 g/mol. The second kappa shape index (κ2) is 10.3. The lowest BCUT2D eigenvalue weighted by Gasteiger charge is -2.26. The number of nitrogens with zero attached hydrogens (tertiary/aromatic N) is 2. The Morgan fingerprint density at radius 3 is 2.42 bits per heavy atom. The number of thiazole rings is 1. The molecule has 0 atom stereocenters. The molecule has 0 spiro atoms. The third kappa shape index (κ3) is 5.08. The van der Waals surface area contributed by atoms with E-state index in [0.29, 0.717) is 17.8 Å². The van der Waals surface area contributed by atoms with Crippen LogP contribution in [0.4, 0.5) is 11.4 Å². The maximum absolute atomic E-state index is 13.7. The summed E-state index contributed by atoms with van der Waals surface area (Å²) in [5, 5.41) is 2.81. The molecular weight excluding hydrogens is 494 g/mol. The Bertz CT molecular complexity index is 1570. The molecule has 3 aromatic carbocycles. The molecule has 0 bridgehead atoms. The lowest BCUT2D eigenvalue weighted by atomic mass is 10.1. The number of sulfonamides is 1. The van der Waals surface area contributed by atoms with Gasteiger partial charge in [-0.1, -0.05) is 54.2 Å². The molecule has 7 nitrogen and oxygen atoms in total. The fraction of sp³-hybridized carbons (Fsp3) is 0.259. The van der Waals surface area contributed by atoms with E-state index < -0.39 is 22.5 Å². The second-order valence-electron chi connectivity index (χ2n) is 8.87. The highest BCUT2D eigenvalue weighted by molar-refractivity contribution is 7.92. The quantitative estimate of drug-likeness (QED) is 0.337. The van der Waals surface area contributed by atoms with Crippen molar-refractivity contribution in [2.75, 3.05) is 16.2 Å². The normalized spacial score (nSPS) is 11.7. The van der Waals surface area contributed by atoms with Gasteiger partial charge in [-0.05, 0) is 69.2 Å². The fourth-order valence-electron chi connectivity index (χ4n) is 4.12. The van der Waals surface area contributed by atoms with Gasteiger partial charge in [-0.25, -0.2) is 8.42 Å². The number of aromatic nitrogens is 1. The predicted octanol–water partition coefficient (Wildman–Crippen LogP) is 5.35. The van der Waals surface area contributed by atoms with E-state index in [2.05, 4.69) is 5.32 Å². The molecule has 0 saturated carbocycles. The van der Waals surface area contributed by atoms with E-state index in [-0.39, 0.29) is 15.8 Å². The van der Waals surface area contributed by atoms with Gasteiger partial charge < -0.3 is 5.32 Å². The minimum absolute atomic E-state index is 0.0193. The standard InChI is InChI=1S/C27H29N3O4S2/c1-5-20-8-6-7-9-23(20)29(36(33,34)22-13-10-19(4)11-14-22)17-26(31)28-21-12-15-24-25(16-21)35-27(32)30(24)18(2)3/h6-16,18H,5,17H2,1-4H3,(H,28,31). The molecule has 4 rings (SSSR count). The van der Waals surface area contributed by atoms with Crippen molar-refractivity contribution in [3.8, 4) is 0 Å². The molecule has 0 aliphatic heterocycles. The Balaban J connectivity index is 1.68. The molecule has 0 aliphatic carbocycles. The van der Waals surface area contributed by atoms with E-state index in [1.165, 1.54) is 0 Å². The van der Waals surface area contributed by atoms with Gasteiger partial charge in [0.2, 0.25) is 5.91 Å². The lowest BCUT2D eigenvalue weighted by Crippen LogP contribution is -2.38. The Labute approximate surface area is 215 Å². The van der Waals surface area contributed by atoms with E-state index in [0.717, 1.165) is 37.0 Å². The van der Waals surface area contributed by atoms with E-state index >= 15 is 0 Å². The Morgan fingerprint density at radius 1 is 1.06 bits per heavy atom. The highest BCUT2D eigenvalue weighted by Crippen LogP contribution is 2.28. The summed E-state index contributed by atoms with van der Waals surface area (Å²) < 4.78 is 31.0. The number of nitrogens with one attached hydrogen (secondary N) is 1. The smallest absolute Gasteiger partial charge is 0.308 e. The van der Waals surface area contributed by atoms with Gasteiger partial charge in [0.1, 0.15) is 6.54 Å². The van der Waals surface area contributed by atoms with Crippen molar-refractivity contribution in [2.45, 2.75) is 45.1 Å². The van der Waals surface area contributed by atoms with Crippen molar-refractivity contribution in [3.05, 3.63) is 87.5 Å². The highest BCUT2D eigenvalue weighted by Gasteiger charge is 2.28. The summed E-state index contributed by atoms with van der Waals surface area (Å²) in [7, 11) is -4.01.